The third-order valence-corrected chi connectivity index (χ3v) is 4.94. The van der Waals surface area contributed by atoms with Gasteiger partial charge in [0.2, 0.25) is 5.95 Å². The highest BCUT2D eigenvalue weighted by atomic mass is 19.2. The summed E-state index contributed by atoms with van der Waals surface area (Å²) in [5.41, 5.74) is 6.28. The fourth-order valence-corrected chi connectivity index (χ4v) is 3.23. The van der Waals surface area contributed by atoms with Crippen LogP contribution in [-0.2, 0) is 6.54 Å². The molecule has 2 aromatic carbocycles. The Labute approximate surface area is 181 Å². The molecule has 4 N–H and O–H groups in total. The first-order valence-corrected chi connectivity index (χ1v) is 9.61. The van der Waals surface area contributed by atoms with E-state index in [0.717, 1.165) is 18.3 Å². The standard InChI is InChI=1S/C21H19F3N6O2/c1-30-6-7-32-17-8-11(2-5-16(17)30)28-21-27-10-13(19(25)31)20(29-21)26-9-12-14(22)3-4-15(23)18(12)24/h2-5,8,10H,6-7,9H2,1H3,(H2,25,31)(H2,26,27,28,29). The number of nitrogens with one attached hydrogen (secondary N) is 2. The van der Waals surface area contributed by atoms with Crippen LogP contribution in [0.25, 0.3) is 0 Å². The van der Waals surface area contributed by atoms with Gasteiger partial charge in [0.1, 0.15) is 24.0 Å². The summed E-state index contributed by atoms with van der Waals surface area (Å²) in [5, 5.41) is 5.62. The van der Waals surface area contributed by atoms with Gasteiger partial charge in [-0.15, -0.1) is 0 Å². The summed E-state index contributed by atoms with van der Waals surface area (Å²) < 4.78 is 47.0. The van der Waals surface area contributed by atoms with Crippen LogP contribution in [0.3, 0.4) is 0 Å². The minimum absolute atomic E-state index is 0.0630. The number of amides is 1. The second-order valence-electron chi connectivity index (χ2n) is 7.07. The quantitative estimate of drug-likeness (QED) is 0.502. The zero-order chi connectivity index (χ0) is 22.8. The first-order chi connectivity index (χ1) is 15.3. The van der Waals surface area contributed by atoms with Crippen LogP contribution in [0, 0.1) is 17.5 Å². The van der Waals surface area contributed by atoms with Gasteiger partial charge in [0.25, 0.3) is 5.91 Å². The molecule has 1 aromatic heterocycles. The van der Waals surface area contributed by atoms with Crippen molar-refractivity contribution in [2.24, 2.45) is 5.73 Å². The van der Waals surface area contributed by atoms with Gasteiger partial charge >= 0.3 is 0 Å². The van der Waals surface area contributed by atoms with Crippen LogP contribution in [0.1, 0.15) is 15.9 Å². The van der Waals surface area contributed by atoms with Crippen molar-refractivity contribution < 1.29 is 22.7 Å². The molecule has 0 radical (unpaired) electrons. The highest BCUT2D eigenvalue weighted by molar-refractivity contribution is 5.97. The number of aromatic nitrogens is 2. The molecule has 0 atom stereocenters. The monoisotopic (exact) mass is 444 g/mol. The molecule has 11 heteroatoms. The number of anilines is 4. The first kappa shape index (κ1) is 21.2. The van der Waals surface area contributed by atoms with Gasteiger partial charge in [0, 0.05) is 37.1 Å². The number of carbonyl (C=O) groups is 1. The second-order valence-corrected chi connectivity index (χ2v) is 7.07. The number of hydrogen-bond donors (Lipinski definition) is 3. The lowest BCUT2D eigenvalue weighted by molar-refractivity contribution is 0.100. The number of fused-ring (bicyclic) bond motifs is 1. The van der Waals surface area contributed by atoms with E-state index in [4.69, 9.17) is 10.5 Å². The van der Waals surface area contributed by atoms with E-state index in [1.54, 1.807) is 12.1 Å². The van der Waals surface area contributed by atoms with Crippen molar-refractivity contribution in [2.75, 3.05) is 35.7 Å². The van der Waals surface area contributed by atoms with E-state index >= 15 is 0 Å². The van der Waals surface area contributed by atoms with Crippen LogP contribution in [0.2, 0.25) is 0 Å². The maximum absolute atomic E-state index is 13.9. The lowest BCUT2D eigenvalue weighted by atomic mass is 10.2. The van der Waals surface area contributed by atoms with Gasteiger partial charge < -0.3 is 26.0 Å². The fraction of sp³-hybridized carbons (Fsp3) is 0.190. The van der Waals surface area contributed by atoms with E-state index in [9.17, 15) is 18.0 Å². The van der Waals surface area contributed by atoms with Crippen LogP contribution in [-0.4, -0.2) is 36.1 Å². The van der Waals surface area contributed by atoms with Crippen molar-refractivity contribution in [2.45, 2.75) is 6.54 Å². The molecule has 1 aliphatic rings. The lowest BCUT2D eigenvalue weighted by Gasteiger charge is -2.28. The van der Waals surface area contributed by atoms with Crippen molar-refractivity contribution in [1.29, 1.82) is 0 Å². The summed E-state index contributed by atoms with van der Waals surface area (Å²) in [7, 11) is 1.96. The van der Waals surface area contributed by atoms with Crippen LogP contribution in [0.15, 0.2) is 36.5 Å². The van der Waals surface area contributed by atoms with Gasteiger partial charge in [-0.1, -0.05) is 0 Å². The molecule has 0 spiro atoms. The number of nitrogens with two attached hydrogens (primary N) is 1. The number of likely N-dealkylation sites (N-methyl/N-ethyl adjacent to an activating group) is 1. The topological polar surface area (TPSA) is 105 Å². The largest absolute Gasteiger partial charge is 0.489 e. The maximum Gasteiger partial charge on any atom is 0.254 e. The van der Waals surface area contributed by atoms with Gasteiger partial charge in [-0.05, 0) is 24.3 Å². The number of primary amides is 1. The van der Waals surface area contributed by atoms with Crippen molar-refractivity contribution in [3.8, 4) is 5.75 Å². The summed E-state index contributed by atoms with van der Waals surface area (Å²) in [5.74, 6) is -3.58. The van der Waals surface area contributed by atoms with Gasteiger partial charge in [-0.2, -0.15) is 4.98 Å². The third kappa shape index (κ3) is 4.22. The van der Waals surface area contributed by atoms with E-state index < -0.39 is 35.5 Å². The SMILES string of the molecule is CN1CCOc2cc(Nc3ncc(C(N)=O)c(NCc4c(F)ccc(F)c4F)n3)ccc21. The Morgan fingerprint density at radius 2 is 2.00 bits per heavy atom. The number of hydrogen-bond acceptors (Lipinski definition) is 7. The highest BCUT2D eigenvalue weighted by Gasteiger charge is 2.18. The fourth-order valence-electron chi connectivity index (χ4n) is 3.23. The molecule has 2 heterocycles. The smallest absolute Gasteiger partial charge is 0.254 e. The number of nitrogens with zero attached hydrogens (tertiary/aromatic N) is 3. The molecule has 3 aromatic rings. The molecule has 1 aliphatic heterocycles. The number of benzene rings is 2. The Morgan fingerprint density at radius 3 is 2.78 bits per heavy atom. The molecule has 4 rings (SSSR count). The molecule has 0 saturated carbocycles. The van der Waals surface area contributed by atoms with Gasteiger partial charge in [-0.3, -0.25) is 4.79 Å². The zero-order valence-electron chi connectivity index (χ0n) is 17.0. The predicted molar refractivity (Wildman–Crippen MR) is 113 cm³/mol. The molecular formula is C21H19F3N6O2. The molecule has 0 aliphatic carbocycles. The van der Waals surface area contributed by atoms with Gasteiger partial charge in [0.15, 0.2) is 11.6 Å². The van der Waals surface area contributed by atoms with Crippen molar-refractivity contribution in [3.05, 3.63) is 65.1 Å². The minimum atomic E-state index is -1.33. The van der Waals surface area contributed by atoms with Crippen molar-refractivity contribution in [3.63, 3.8) is 0 Å². The zero-order valence-corrected chi connectivity index (χ0v) is 17.0. The molecule has 0 unspecified atom stereocenters. The number of carbonyl (C=O) groups excluding carboxylic acids is 1. The van der Waals surface area contributed by atoms with E-state index in [1.807, 2.05) is 13.1 Å². The normalized spacial score (nSPS) is 12.7. The van der Waals surface area contributed by atoms with E-state index in [1.165, 1.54) is 6.20 Å². The van der Waals surface area contributed by atoms with Crippen molar-refractivity contribution >= 4 is 29.0 Å². The average molecular weight is 444 g/mol. The Bertz CT molecular complexity index is 1190. The van der Waals surface area contributed by atoms with E-state index in [-0.39, 0.29) is 17.3 Å². The van der Waals surface area contributed by atoms with E-state index in [2.05, 4.69) is 25.5 Å². The summed E-state index contributed by atoms with van der Waals surface area (Å²) in [6.45, 7) is 0.863. The average Bonchev–Trinajstić information content (AvgIpc) is 2.76. The summed E-state index contributed by atoms with van der Waals surface area (Å²) in [4.78, 5) is 22.1. The molecule has 32 heavy (non-hydrogen) atoms. The molecule has 166 valence electrons. The summed E-state index contributed by atoms with van der Waals surface area (Å²) in [6.07, 6.45) is 1.18. The highest BCUT2D eigenvalue weighted by Crippen LogP contribution is 2.34. The van der Waals surface area contributed by atoms with Crippen molar-refractivity contribution in [1.82, 2.24) is 9.97 Å². The van der Waals surface area contributed by atoms with Crippen LogP contribution >= 0.6 is 0 Å². The Hall–Kier alpha value is -4.02. The molecular weight excluding hydrogens is 425 g/mol. The molecule has 0 saturated heterocycles. The number of ether oxygens (including phenoxy) is 1. The number of rotatable bonds is 6. The summed E-state index contributed by atoms with van der Waals surface area (Å²) >= 11 is 0. The third-order valence-electron chi connectivity index (χ3n) is 4.94. The maximum atomic E-state index is 13.9. The second kappa shape index (κ2) is 8.61. The Morgan fingerprint density at radius 1 is 1.22 bits per heavy atom. The van der Waals surface area contributed by atoms with Crippen LogP contribution in [0.4, 0.5) is 36.3 Å². The summed E-state index contributed by atoms with van der Waals surface area (Å²) in [6, 6.07) is 6.97. The molecule has 1 amide bonds. The minimum Gasteiger partial charge on any atom is -0.489 e. The van der Waals surface area contributed by atoms with Crippen LogP contribution in [0.5, 0.6) is 5.75 Å². The molecule has 8 nitrogen and oxygen atoms in total. The van der Waals surface area contributed by atoms with Gasteiger partial charge in [0.05, 0.1) is 17.8 Å². The van der Waals surface area contributed by atoms with E-state index in [0.29, 0.717) is 24.1 Å². The lowest BCUT2D eigenvalue weighted by Crippen LogP contribution is -2.28. The Kier molecular flexibility index (Phi) is 5.71. The van der Waals surface area contributed by atoms with Crippen LogP contribution < -0.4 is 26.0 Å². The predicted octanol–water partition coefficient (Wildman–Crippen LogP) is 3.18. The molecule has 0 fully saturated rings. The first-order valence-electron chi connectivity index (χ1n) is 9.61. The van der Waals surface area contributed by atoms with Gasteiger partial charge in [-0.25, -0.2) is 18.2 Å². The Balaban J connectivity index is 1.59. The molecule has 0 bridgehead atoms. The number of halogens is 3.